The van der Waals surface area contributed by atoms with E-state index in [0.29, 0.717) is 34.7 Å². The van der Waals surface area contributed by atoms with Crippen molar-refractivity contribution in [1.82, 2.24) is 19.8 Å². The quantitative estimate of drug-likeness (QED) is 0.0845. The van der Waals surface area contributed by atoms with Crippen molar-refractivity contribution in [3.05, 3.63) is 180 Å². The van der Waals surface area contributed by atoms with Crippen LogP contribution in [0.2, 0.25) is 0 Å². The maximum atomic E-state index is 13.3. The van der Waals surface area contributed by atoms with Crippen LogP contribution in [0.25, 0.3) is 32.9 Å². The molecule has 11 heteroatoms. The monoisotopic (exact) mass is 834 g/mol. The summed E-state index contributed by atoms with van der Waals surface area (Å²) in [6.07, 6.45) is 1.42. The lowest BCUT2D eigenvalue weighted by atomic mass is 10.0. The molecule has 8 aromatic rings. The fourth-order valence-electron chi connectivity index (χ4n) is 8.51. The van der Waals surface area contributed by atoms with E-state index in [1.54, 1.807) is 24.3 Å². The first kappa shape index (κ1) is 40.8. The van der Waals surface area contributed by atoms with Gasteiger partial charge in [0, 0.05) is 96.7 Å². The Hall–Kier alpha value is -7.60. The predicted octanol–water partition coefficient (Wildman–Crippen LogP) is 8.68. The molecule has 0 fully saturated rings. The average Bonchev–Trinajstić information content (AvgIpc) is 3.51. The van der Waals surface area contributed by atoms with Crippen molar-refractivity contribution in [2.45, 2.75) is 25.9 Å². The smallest absolute Gasteiger partial charge is 0.296 e. The first-order valence-electron chi connectivity index (χ1n) is 21.2. The van der Waals surface area contributed by atoms with Crippen molar-refractivity contribution >= 4 is 56.6 Å². The Bertz CT molecular complexity index is 2940. The normalized spacial score (nSPS) is 13.3. The number of hydrogen-bond donors (Lipinski definition) is 4. The molecular weight excluding hydrogens is 789 g/mol. The Labute approximate surface area is 364 Å². The molecule has 6 aromatic carbocycles. The van der Waals surface area contributed by atoms with E-state index in [1.165, 1.54) is 0 Å². The highest BCUT2D eigenvalue weighted by Gasteiger charge is 2.29. The lowest BCUT2D eigenvalue weighted by molar-refractivity contribution is -0.113. The van der Waals surface area contributed by atoms with Crippen molar-refractivity contribution in [3.63, 3.8) is 0 Å². The van der Waals surface area contributed by atoms with Gasteiger partial charge in [0.25, 0.3) is 23.4 Å². The molecule has 0 radical (unpaired) electrons. The predicted molar refractivity (Wildman–Crippen MR) is 248 cm³/mol. The molecule has 2 amide bonds. The molecule has 0 bridgehead atoms. The average molecular weight is 835 g/mol. The van der Waals surface area contributed by atoms with E-state index < -0.39 is 23.4 Å². The zero-order valence-corrected chi connectivity index (χ0v) is 34.6. The van der Waals surface area contributed by atoms with E-state index in [-0.39, 0.29) is 0 Å². The van der Waals surface area contributed by atoms with Gasteiger partial charge in [0.05, 0.1) is 11.1 Å². The maximum Gasteiger partial charge on any atom is 0.296 e. The van der Waals surface area contributed by atoms with Crippen LogP contribution >= 0.6 is 0 Å². The van der Waals surface area contributed by atoms with Gasteiger partial charge >= 0.3 is 0 Å². The summed E-state index contributed by atoms with van der Waals surface area (Å²) in [7, 11) is 0. The number of rotatable bonds is 9. The van der Waals surface area contributed by atoms with Crippen LogP contribution in [0, 0.1) is 0 Å². The summed E-state index contributed by atoms with van der Waals surface area (Å²) in [5, 5.41) is 13.9. The zero-order valence-electron chi connectivity index (χ0n) is 34.6. The van der Waals surface area contributed by atoms with Crippen molar-refractivity contribution < 1.29 is 23.9 Å². The fraction of sp³-hybridized carbons (Fsp3) is 0.154. The molecule has 314 valence electrons. The van der Waals surface area contributed by atoms with Crippen molar-refractivity contribution in [2.75, 3.05) is 36.8 Å². The lowest BCUT2D eigenvalue weighted by Gasteiger charge is -2.09. The number of Topliss-reactive ketones (excluding diaryl/α,β-unsaturated/α-hetero) is 2. The molecule has 2 aliphatic rings. The van der Waals surface area contributed by atoms with E-state index in [0.717, 1.165) is 95.8 Å². The molecule has 11 nitrogen and oxygen atoms in total. The number of ketones is 2. The highest BCUT2D eigenvalue weighted by molar-refractivity contribution is 6.49. The molecule has 2 aliphatic heterocycles. The van der Waals surface area contributed by atoms with Crippen molar-refractivity contribution in [3.8, 4) is 22.6 Å². The van der Waals surface area contributed by atoms with E-state index in [9.17, 15) is 19.2 Å². The van der Waals surface area contributed by atoms with Crippen molar-refractivity contribution in [1.29, 1.82) is 0 Å². The van der Waals surface area contributed by atoms with E-state index in [2.05, 4.69) is 30.4 Å². The number of nitrogens with zero attached hydrogens (tertiary/aromatic N) is 2. The SMILES string of the molecule is O=C(Nc1ccc(-c2ccccc2)cc1)C(=O)c1c2n(c3ccccc13)CCNCC2.O=C(Nc1ccc(Oc2ccccc2)cc1)C(=O)c1c2n(c3ccccc13)CCNCC2. The van der Waals surface area contributed by atoms with Crippen LogP contribution in [0.5, 0.6) is 11.5 Å². The summed E-state index contributed by atoms with van der Waals surface area (Å²) in [4.78, 5) is 52.3. The van der Waals surface area contributed by atoms with E-state index >= 15 is 0 Å². The van der Waals surface area contributed by atoms with Gasteiger partial charge in [0.1, 0.15) is 11.5 Å². The molecule has 4 heterocycles. The number of anilines is 2. The zero-order chi connectivity index (χ0) is 43.1. The van der Waals surface area contributed by atoms with Crippen LogP contribution in [-0.2, 0) is 35.5 Å². The number of carbonyl (C=O) groups is 4. The maximum absolute atomic E-state index is 13.3. The number of para-hydroxylation sites is 3. The highest BCUT2D eigenvalue weighted by Crippen LogP contribution is 2.31. The third kappa shape index (κ3) is 8.78. The van der Waals surface area contributed by atoms with Gasteiger partial charge in [-0.15, -0.1) is 0 Å². The molecule has 10 rings (SSSR count). The number of ether oxygens (including phenoxy) is 1. The topological polar surface area (TPSA) is 135 Å². The summed E-state index contributed by atoms with van der Waals surface area (Å²) in [5.41, 5.74) is 8.19. The number of nitrogens with one attached hydrogen (secondary N) is 4. The Kier molecular flexibility index (Phi) is 12.0. The van der Waals surface area contributed by atoms with Crippen LogP contribution < -0.4 is 26.0 Å². The number of hydrogen-bond acceptors (Lipinski definition) is 7. The number of aromatic nitrogens is 2. The second-order valence-corrected chi connectivity index (χ2v) is 15.4. The standard InChI is InChI=1S/C26H23N3O3.C26H23N3O2/c30-25(24-21-8-4-5-9-22(21)29-17-16-27-15-14-23(24)29)26(31)28-18-10-12-20(13-11-18)32-19-6-2-1-3-7-19;30-25(24-21-8-4-5-9-22(21)29-17-16-27-15-14-23(24)29)26(31)28-20-12-10-19(11-13-20)18-6-2-1-3-7-18/h1-13,27H,14-17H2,(H,28,31);1-13,27H,14-17H2,(H,28,31). The first-order valence-corrected chi connectivity index (χ1v) is 21.2. The van der Waals surface area contributed by atoms with Gasteiger partial charge in [-0.1, -0.05) is 97.1 Å². The summed E-state index contributed by atoms with van der Waals surface area (Å²) in [5.74, 6) is -0.866. The number of benzene rings is 6. The van der Waals surface area contributed by atoms with Gasteiger partial charge in [-0.3, -0.25) is 19.2 Å². The first-order chi connectivity index (χ1) is 30.9. The van der Waals surface area contributed by atoms with Crippen LogP contribution in [0.1, 0.15) is 32.1 Å². The molecule has 0 saturated heterocycles. The molecule has 0 saturated carbocycles. The summed E-state index contributed by atoms with van der Waals surface area (Å²) < 4.78 is 10.1. The minimum atomic E-state index is -0.641. The molecule has 0 atom stereocenters. The molecular formula is C52H46N6O5. The van der Waals surface area contributed by atoms with Crippen molar-refractivity contribution in [2.24, 2.45) is 0 Å². The van der Waals surface area contributed by atoms with Gasteiger partial charge in [-0.25, -0.2) is 0 Å². The molecule has 0 spiro atoms. The molecule has 2 aromatic heterocycles. The minimum Gasteiger partial charge on any atom is -0.457 e. The molecule has 63 heavy (non-hydrogen) atoms. The van der Waals surface area contributed by atoms with Crippen LogP contribution in [-0.4, -0.2) is 58.7 Å². The Balaban J connectivity index is 0.000000160. The summed E-state index contributed by atoms with van der Waals surface area (Å²) >= 11 is 0. The Morgan fingerprint density at radius 1 is 0.444 bits per heavy atom. The molecule has 0 unspecified atom stereocenters. The largest absolute Gasteiger partial charge is 0.457 e. The van der Waals surface area contributed by atoms with Gasteiger partial charge in [0.2, 0.25) is 0 Å². The van der Waals surface area contributed by atoms with E-state index in [4.69, 9.17) is 4.74 Å². The molecule has 4 N–H and O–H groups in total. The second kappa shape index (κ2) is 18.6. The lowest BCUT2D eigenvalue weighted by Crippen LogP contribution is -2.24. The molecule has 0 aliphatic carbocycles. The number of amides is 2. The summed E-state index contributed by atoms with van der Waals surface area (Å²) in [6.45, 7) is 4.81. The number of fused-ring (bicyclic) bond motifs is 6. The fourth-order valence-corrected chi connectivity index (χ4v) is 8.51. The van der Waals surface area contributed by atoms with E-state index in [1.807, 2.05) is 133 Å². The highest BCUT2D eigenvalue weighted by atomic mass is 16.5. The van der Waals surface area contributed by atoms with Gasteiger partial charge in [0.15, 0.2) is 0 Å². The number of carbonyl (C=O) groups excluding carboxylic acids is 4. The van der Waals surface area contributed by atoms with Crippen LogP contribution in [0.4, 0.5) is 11.4 Å². The summed E-state index contributed by atoms with van der Waals surface area (Å²) in [6, 6.07) is 49.6. The third-order valence-electron chi connectivity index (χ3n) is 11.5. The van der Waals surface area contributed by atoms with Gasteiger partial charge in [-0.2, -0.15) is 0 Å². The van der Waals surface area contributed by atoms with Crippen LogP contribution in [0.3, 0.4) is 0 Å². The third-order valence-corrected chi connectivity index (χ3v) is 11.5. The Morgan fingerprint density at radius 3 is 1.37 bits per heavy atom. The van der Waals surface area contributed by atoms with Crippen LogP contribution in [0.15, 0.2) is 158 Å². The minimum absolute atomic E-state index is 0.487. The second-order valence-electron chi connectivity index (χ2n) is 15.4. The van der Waals surface area contributed by atoms with Gasteiger partial charge < -0.3 is 35.1 Å². The van der Waals surface area contributed by atoms with Gasteiger partial charge in [-0.05, 0) is 71.8 Å². The Morgan fingerprint density at radius 2 is 0.857 bits per heavy atom.